The number of nitrogens with zero attached hydrogens (tertiary/aromatic N) is 3. The zero-order chi connectivity index (χ0) is 9.10. The summed E-state index contributed by atoms with van der Waals surface area (Å²) >= 11 is 1.60. The van der Waals surface area contributed by atoms with Gasteiger partial charge in [0.15, 0.2) is 0 Å². The molecule has 0 aromatic carbocycles. The lowest BCUT2D eigenvalue weighted by Crippen LogP contribution is -1.89. The molecule has 0 saturated heterocycles. The fourth-order valence-electron chi connectivity index (χ4n) is 1.20. The van der Waals surface area contributed by atoms with Gasteiger partial charge in [-0.25, -0.2) is 4.98 Å². The first-order valence-electron chi connectivity index (χ1n) is 3.96. The number of thiazole rings is 1. The molecule has 0 bridgehead atoms. The van der Waals surface area contributed by atoms with Crippen LogP contribution in [0.5, 0.6) is 0 Å². The summed E-state index contributed by atoms with van der Waals surface area (Å²) in [5, 5.41) is 8.45. The van der Waals surface area contributed by atoms with Crippen LogP contribution in [-0.4, -0.2) is 9.97 Å². The summed E-state index contributed by atoms with van der Waals surface area (Å²) < 4.78 is 1.14. The Balaban J connectivity index is 2.44. The largest absolute Gasteiger partial charge is 0.259 e. The van der Waals surface area contributed by atoms with Crippen LogP contribution in [0, 0.1) is 11.3 Å². The van der Waals surface area contributed by atoms with E-state index in [0.29, 0.717) is 12.8 Å². The smallest absolute Gasteiger partial charge is 0.103 e. The molecular formula is C9H7N3S. The van der Waals surface area contributed by atoms with E-state index in [1.54, 1.807) is 17.5 Å². The van der Waals surface area contributed by atoms with Gasteiger partial charge < -0.3 is 0 Å². The van der Waals surface area contributed by atoms with E-state index in [2.05, 4.69) is 16.0 Å². The molecule has 0 aliphatic heterocycles. The summed E-state index contributed by atoms with van der Waals surface area (Å²) in [6, 6.07) is 4.06. The van der Waals surface area contributed by atoms with Crippen LogP contribution in [0.15, 0.2) is 17.8 Å². The van der Waals surface area contributed by atoms with Crippen LogP contribution >= 0.6 is 11.3 Å². The minimum Gasteiger partial charge on any atom is -0.259 e. The minimum absolute atomic E-state index is 0.504. The standard InChI is InChI=1S/C9H7N3S/c10-4-1-2-7-9-8(3-5-11-7)13-6-12-9/h3,5-6H,1-2H2. The van der Waals surface area contributed by atoms with Crippen molar-refractivity contribution >= 4 is 21.6 Å². The molecule has 0 fully saturated rings. The van der Waals surface area contributed by atoms with E-state index in [1.165, 1.54) is 0 Å². The van der Waals surface area contributed by atoms with E-state index >= 15 is 0 Å². The van der Waals surface area contributed by atoms with Gasteiger partial charge in [-0.15, -0.1) is 11.3 Å². The van der Waals surface area contributed by atoms with Crippen molar-refractivity contribution in [2.45, 2.75) is 12.8 Å². The van der Waals surface area contributed by atoms with Crippen LogP contribution in [0.1, 0.15) is 12.1 Å². The second-order valence-electron chi connectivity index (χ2n) is 2.61. The number of nitriles is 1. The summed E-state index contributed by atoms with van der Waals surface area (Å²) in [5.41, 5.74) is 3.69. The molecule has 0 saturated carbocycles. The van der Waals surface area contributed by atoms with Crippen LogP contribution in [-0.2, 0) is 6.42 Å². The number of hydrogen-bond donors (Lipinski definition) is 0. The lowest BCUT2D eigenvalue weighted by Gasteiger charge is -1.96. The molecule has 0 unspecified atom stereocenters. The maximum atomic E-state index is 8.45. The van der Waals surface area contributed by atoms with Crippen LogP contribution < -0.4 is 0 Å². The summed E-state index contributed by atoms with van der Waals surface area (Å²) in [5.74, 6) is 0. The predicted molar refractivity (Wildman–Crippen MR) is 51.3 cm³/mol. The molecule has 2 rings (SSSR count). The maximum Gasteiger partial charge on any atom is 0.103 e. The van der Waals surface area contributed by atoms with Crippen molar-refractivity contribution < 1.29 is 0 Å². The third kappa shape index (κ3) is 1.51. The number of fused-ring (bicyclic) bond motifs is 1. The molecule has 0 atom stereocenters. The Morgan fingerprint density at radius 2 is 2.38 bits per heavy atom. The first-order chi connectivity index (χ1) is 6.42. The molecule has 2 aromatic heterocycles. The number of rotatable bonds is 2. The van der Waals surface area contributed by atoms with Crippen molar-refractivity contribution in [2.75, 3.05) is 0 Å². The minimum atomic E-state index is 0.504. The molecule has 2 heterocycles. The summed E-state index contributed by atoms with van der Waals surface area (Å²) in [6.07, 6.45) is 2.97. The molecule has 0 aliphatic carbocycles. The van der Waals surface area contributed by atoms with E-state index < -0.39 is 0 Å². The normalized spacial score (nSPS) is 10.1. The van der Waals surface area contributed by atoms with E-state index in [-0.39, 0.29) is 0 Å². The Labute approximate surface area is 79.7 Å². The maximum absolute atomic E-state index is 8.45. The zero-order valence-corrected chi connectivity index (χ0v) is 7.71. The highest BCUT2D eigenvalue weighted by molar-refractivity contribution is 7.16. The van der Waals surface area contributed by atoms with Crippen molar-refractivity contribution in [3.8, 4) is 6.07 Å². The van der Waals surface area contributed by atoms with Crippen LogP contribution in [0.2, 0.25) is 0 Å². The van der Waals surface area contributed by atoms with E-state index in [0.717, 1.165) is 15.9 Å². The fraction of sp³-hybridized carbons (Fsp3) is 0.222. The van der Waals surface area contributed by atoms with Crippen molar-refractivity contribution in [1.82, 2.24) is 9.97 Å². The fourth-order valence-corrected chi connectivity index (χ4v) is 1.90. The van der Waals surface area contributed by atoms with E-state index in [9.17, 15) is 0 Å². The van der Waals surface area contributed by atoms with Gasteiger partial charge in [-0.2, -0.15) is 5.26 Å². The molecular weight excluding hydrogens is 182 g/mol. The van der Waals surface area contributed by atoms with Gasteiger partial charge in [-0.1, -0.05) is 0 Å². The monoisotopic (exact) mass is 189 g/mol. The number of aryl methyl sites for hydroxylation is 1. The molecule has 0 amide bonds. The second kappa shape index (κ2) is 3.50. The third-order valence-corrected chi connectivity index (χ3v) is 2.59. The van der Waals surface area contributed by atoms with Crippen molar-refractivity contribution in [2.24, 2.45) is 0 Å². The lowest BCUT2D eigenvalue weighted by molar-refractivity contribution is 0.962. The topological polar surface area (TPSA) is 49.6 Å². The molecule has 3 nitrogen and oxygen atoms in total. The average Bonchev–Trinajstić information content (AvgIpc) is 2.62. The molecule has 13 heavy (non-hydrogen) atoms. The van der Waals surface area contributed by atoms with Gasteiger partial charge in [-0.05, 0) is 6.07 Å². The van der Waals surface area contributed by atoms with Crippen LogP contribution in [0.4, 0.5) is 0 Å². The molecule has 2 aromatic rings. The molecule has 0 radical (unpaired) electrons. The number of pyridine rings is 1. The highest BCUT2D eigenvalue weighted by Crippen LogP contribution is 2.19. The van der Waals surface area contributed by atoms with Gasteiger partial charge in [0, 0.05) is 19.0 Å². The third-order valence-electron chi connectivity index (χ3n) is 1.80. The van der Waals surface area contributed by atoms with Gasteiger partial charge in [0.25, 0.3) is 0 Å². The Morgan fingerprint density at radius 1 is 1.46 bits per heavy atom. The van der Waals surface area contributed by atoms with Crippen LogP contribution in [0.25, 0.3) is 10.2 Å². The Hall–Kier alpha value is -1.47. The summed E-state index contributed by atoms with van der Waals surface area (Å²) in [7, 11) is 0. The summed E-state index contributed by atoms with van der Waals surface area (Å²) in [4.78, 5) is 8.43. The van der Waals surface area contributed by atoms with Crippen molar-refractivity contribution in [3.63, 3.8) is 0 Å². The molecule has 0 N–H and O–H groups in total. The molecule has 4 heteroatoms. The van der Waals surface area contributed by atoms with Gasteiger partial charge in [0.05, 0.1) is 22.0 Å². The van der Waals surface area contributed by atoms with Gasteiger partial charge in [0.2, 0.25) is 0 Å². The van der Waals surface area contributed by atoms with Gasteiger partial charge in [0.1, 0.15) is 5.52 Å². The Bertz CT molecular complexity index is 455. The number of hydrogen-bond acceptors (Lipinski definition) is 4. The number of aromatic nitrogens is 2. The second-order valence-corrected chi connectivity index (χ2v) is 3.50. The lowest BCUT2D eigenvalue weighted by atomic mass is 10.2. The Morgan fingerprint density at radius 3 is 3.23 bits per heavy atom. The molecule has 0 spiro atoms. The van der Waals surface area contributed by atoms with E-state index in [4.69, 9.17) is 5.26 Å². The predicted octanol–water partition coefficient (Wildman–Crippen LogP) is 2.15. The zero-order valence-electron chi connectivity index (χ0n) is 6.90. The average molecular weight is 189 g/mol. The molecule has 64 valence electrons. The first kappa shape index (κ1) is 8.14. The summed E-state index contributed by atoms with van der Waals surface area (Å²) in [6.45, 7) is 0. The van der Waals surface area contributed by atoms with Crippen molar-refractivity contribution in [3.05, 3.63) is 23.5 Å². The van der Waals surface area contributed by atoms with Crippen LogP contribution in [0.3, 0.4) is 0 Å². The quantitative estimate of drug-likeness (QED) is 0.727. The highest BCUT2D eigenvalue weighted by Gasteiger charge is 2.03. The first-order valence-corrected chi connectivity index (χ1v) is 4.84. The van der Waals surface area contributed by atoms with Gasteiger partial charge >= 0.3 is 0 Å². The highest BCUT2D eigenvalue weighted by atomic mass is 32.1. The SMILES string of the molecule is N#CCCc1nccc2scnc12. The van der Waals surface area contributed by atoms with Gasteiger partial charge in [-0.3, -0.25) is 4.98 Å². The Kier molecular flexibility index (Phi) is 2.19. The van der Waals surface area contributed by atoms with E-state index in [1.807, 2.05) is 11.6 Å². The molecule has 0 aliphatic rings. The van der Waals surface area contributed by atoms with Crippen molar-refractivity contribution in [1.29, 1.82) is 5.26 Å².